The molecule has 1 aliphatic heterocycles. The molecule has 29 heavy (non-hydrogen) atoms. The van der Waals surface area contributed by atoms with Crippen LogP contribution in [0.25, 0.3) is 17.1 Å². The van der Waals surface area contributed by atoms with Crippen molar-refractivity contribution in [3.05, 3.63) is 58.9 Å². The van der Waals surface area contributed by atoms with Gasteiger partial charge in [-0.3, -0.25) is 9.47 Å². The van der Waals surface area contributed by atoms with Crippen molar-refractivity contribution < 1.29 is 9.47 Å². The van der Waals surface area contributed by atoms with E-state index in [1.807, 2.05) is 33.5 Å². The van der Waals surface area contributed by atoms with Gasteiger partial charge in [-0.25, -0.2) is 4.68 Å². The summed E-state index contributed by atoms with van der Waals surface area (Å²) in [6.45, 7) is 7.26. The number of rotatable bonds is 5. The van der Waals surface area contributed by atoms with Crippen LogP contribution in [0.15, 0.2) is 48.5 Å². The Morgan fingerprint density at radius 1 is 1.17 bits per heavy atom. The molecule has 0 radical (unpaired) electrons. The molecule has 0 aliphatic carbocycles. The molecule has 0 N–H and O–H groups in total. The third kappa shape index (κ3) is 4.12. The van der Waals surface area contributed by atoms with Crippen molar-refractivity contribution in [1.82, 2.24) is 19.2 Å². The smallest absolute Gasteiger partial charge is 0.204 e. The van der Waals surface area contributed by atoms with Crippen LogP contribution in [0.3, 0.4) is 0 Å². The Kier molecular flexibility index (Phi) is 5.80. The zero-order chi connectivity index (χ0) is 20.4. The van der Waals surface area contributed by atoms with Crippen molar-refractivity contribution in [1.29, 1.82) is 0 Å². The van der Waals surface area contributed by atoms with Crippen LogP contribution in [0.4, 0.5) is 0 Å². The molecule has 0 saturated carbocycles. The normalized spacial score (nSPS) is 17.4. The predicted molar refractivity (Wildman–Crippen MR) is 116 cm³/mol. The van der Waals surface area contributed by atoms with Crippen LogP contribution in [-0.4, -0.2) is 52.2 Å². The van der Waals surface area contributed by atoms with Crippen molar-refractivity contribution in [3.8, 4) is 22.8 Å². The second-order valence-corrected chi connectivity index (χ2v) is 7.74. The Morgan fingerprint density at radius 3 is 2.66 bits per heavy atom. The quantitative estimate of drug-likeness (QED) is 0.594. The highest BCUT2D eigenvalue weighted by atomic mass is 32.1. The molecule has 4 rings (SSSR count). The van der Waals surface area contributed by atoms with Gasteiger partial charge in [0.25, 0.3) is 0 Å². The van der Waals surface area contributed by atoms with E-state index in [0.29, 0.717) is 11.4 Å². The topological polar surface area (TPSA) is 44.4 Å². The fourth-order valence-corrected chi connectivity index (χ4v) is 3.93. The van der Waals surface area contributed by atoms with Crippen LogP contribution < -0.4 is 4.74 Å². The summed E-state index contributed by atoms with van der Waals surface area (Å²) in [5.41, 5.74) is 3.10. The van der Waals surface area contributed by atoms with E-state index >= 15 is 0 Å². The molecule has 0 unspecified atom stereocenters. The molecule has 152 valence electrons. The Bertz CT molecular complexity index is 1040. The van der Waals surface area contributed by atoms with E-state index in [-0.39, 0.29) is 6.10 Å². The minimum Gasteiger partial charge on any atom is -0.496 e. The monoisotopic (exact) mass is 410 g/mol. The second-order valence-electron chi connectivity index (χ2n) is 7.38. The Labute approximate surface area is 176 Å². The van der Waals surface area contributed by atoms with Gasteiger partial charge in [-0.05, 0) is 50.3 Å². The van der Waals surface area contributed by atoms with Gasteiger partial charge in [-0.2, -0.15) is 0 Å². The molecule has 7 heteroatoms. The van der Waals surface area contributed by atoms with Gasteiger partial charge in [0.15, 0.2) is 5.82 Å². The van der Waals surface area contributed by atoms with Crippen LogP contribution in [0.2, 0.25) is 0 Å². The van der Waals surface area contributed by atoms with Crippen LogP contribution in [0.5, 0.6) is 5.75 Å². The summed E-state index contributed by atoms with van der Waals surface area (Å²) in [4.78, 5) is 2.32. The molecule has 0 bridgehead atoms. The summed E-state index contributed by atoms with van der Waals surface area (Å²) in [5, 5.41) is 4.92. The lowest BCUT2D eigenvalue weighted by molar-refractivity contribution is -0.0306. The number of hydrogen-bond acceptors (Lipinski definition) is 5. The first-order valence-electron chi connectivity index (χ1n) is 9.81. The van der Waals surface area contributed by atoms with Crippen molar-refractivity contribution in [3.63, 3.8) is 0 Å². The highest BCUT2D eigenvalue weighted by Gasteiger charge is 2.21. The number of morpholine rings is 1. The molecule has 1 saturated heterocycles. The molecular weight excluding hydrogens is 384 g/mol. The summed E-state index contributed by atoms with van der Waals surface area (Å²) in [6.07, 6.45) is 0.214. The maximum Gasteiger partial charge on any atom is 0.204 e. The van der Waals surface area contributed by atoms with Crippen molar-refractivity contribution in [2.24, 2.45) is 0 Å². The van der Waals surface area contributed by atoms with Crippen molar-refractivity contribution >= 4 is 12.2 Å². The summed E-state index contributed by atoms with van der Waals surface area (Å²) in [7, 11) is 1.68. The summed E-state index contributed by atoms with van der Waals surface area (Å²) < 4.78 is 15.8. The molecule has 6 nitrogen and oxygen atoms in total. The molecule has 0 spiro atoms. The standard InChI is InChI=1S/C22H26N4O2S/c1-16-8-10-18(11-9-16)26-21(19-6-4-5-7-20(19)27-3)23-25(22(26)29)15-24-12-13-28-17(2)14-24/h4-11,17H,12-15H2,1-3H3/t17-/m1/s1. The van der Waals surface area contributed by atoms with E-state index in [4.69, 9.17) is 26.8 Å². The third-order valence-corrected chi connectivity index (χ3v) is 5.53. The third-order valence-electron chi connectivity index (χ3n) is 5.14. The number of aromatic nitrogens is 3. The van der Waals surface area contributed by atoms with Gasteiger partial charge in [0, 0.05) is 18.8 Å². The lowest BCUT2D eigenvalue weighted by atomic mass is 10.1. The van der Waals surface area contributed by atoms with Crippen molar-refractivity contribution in [2.75, 3.05) is 26.8 Å². The maximum atomic E-state index is 5.87. The average Bonchev–Trinajstić information content (AvgIpc) is 3.04. The molecule has 2 aromatic carbocycles. The molecule has 3 aromatic rings. The summed E-state index contributed by atoms with van der Waals surface area (Å²) in [5.74, 6) is 1.55. The fourth-order valence-electron chi connectivity index (χ4n) is 3.64. The lowest BCUT2D eigenvalue weighted by Crippen LogP contribution is -2.42. The van der Waals surface area contributed by atoms with Crippen LogP contribution in [0.1, 0.15) is 12.5 Å². The van der Waals surface area contributed by atoms with Crippen molar-refractivity contribution in [2.45, 2.75) is 26.6 Å². The lowest BCUT2D eigenvalue weighted by Gasteiger charge is -2.30. The van der Waals surface area contributed by atoms with Crippen LogP contribution in [-0.2, 0) is 11.4 Å². The Balaban J connectivity index is 1.82. The molecule has 1 fully saturated rings. The SMILES string of the molecule is COc1ccccc1-c1nn(CN2CCO[C@H](C)C2)c(=S)n1-c1ccc(C)cc1. The first-order chi connectivity index (χ1) is 14.1. The fraction of sp³-hybridized carbons (Fsp3) is 0.364. The number of aryl methyl sites for hydroxylation is 1. The molecule has 1 aromatic heterocycles. The first kappa shape index (κ1) is 19.8. The number of benzene rings is 2. The van der Waals surface area contributed by atoms with E-state index in [1.165, 1.54) is 5.56 Å². The molecule has 2 heterocycles. The molecule has 1 aliphatic rings. The van der Waals surface area contributed by atoms with Gasteiger partial charge >= 0.3 is 0 Å². The van der Waals surface area contributed by atoms with Crippen LogP contribution in [0, 0.1) is 11.7 Å². The van der Waals surface area contributed by atoms with E-state index in [2.05, 4.69) is 43.0 Å². The Morgan fingerprint density at radius 2 is 1.93 bits per heavy atom. The zero-order valence-corrected chi connectivity index (χ0v) is 17.9. The molecular formula is C22H26N4O2S. The predicted octanol–water partition coefficient (Wildman–Crippen LogP) is 4.07. The number of nitrogens with zero attached hydrogens (tertiary/aromatic N) is 4. The van der Waals surface area contributed by atoms with Gasteiger partial charge in [0.1, 0.15) is 5.75 Å². The van der Waals surface area contributed by atoms with Gasteiger partial charge < -0.3 is 9.47 Å². The second kappa shape index (κ2) is 8.49. The molecule has 0 amide bonds. The molecule has 1 atom stereocenters. The van der Waals surface area contributed by atoms with E-state index in [9.17, 15) is 0 Å². The van der Waals surface area contributed by atoms with E-state index in [1.54, 1.807) is 7.11 Å². The number of ether oxygens (including phenoxy) is 2. The average molecular weight is 411 g/mol. The minimum absolute atomic E-state index is 0.214. The number of para-hydroxylation sites is 1. The van der Waals surface area contributed by atoms with Gasteiger partial charge in [0.05, 0.1) is 32.1 Å². The zero-order valence-electron chi connectivity index (χ0n) is 17.0. The Hall–Kier alpha value is -2.48. The number of hydrogen-bond donors (Lipinski definition) is 0. The maximum absolute atomic E-state index is 5.87. The first-order valence-corrected chi connectivity index (χ1v) is 10.2. The summed E-state index contributed by atoms with van der Waals surface area (Å²) >= 11 is 5.87. The van der Waals surface area contributed by atoms with Gasteiger partial charge in [-0.1, -0.05) is 29.8 Å². The van der Waals surface area contributed by atoms with Gasteiger partial charge in [0.2, 0.25) is 4.77 Å². The van der Waals surface area contributed by atoms with E-state index in [0.717, 1.165) is 42.5 Å². The highest BCUT2D eigenvalue weighted by molar-refractivity contribution is 7.71. The van der Waals surface area contributed by atoms with Gasteiger partial charge in [-0.15, -0.1) is 5.10 Å². The van der Waals surface area contributed by atoms with E-state index < -0.39 is 0 Å². The summed E-state index contributed by atoms with van der Waals surface area (Å²) in [6, 6.07) is 16.2. The van der Waals surface area contributed by atoms with Crippen LogP contribution >= 0.6 is 12.2 Å². The minimum atomic E-state index is 0.214. The number of methoxy groups -OCH3 is 1. The highest BCUT2D eigenvalue weighted by Crippen LogP contribution is 2.30. The largest absolute Gasteiger partial charge is 0.496 e.